The third kappa shape index (κ3) is 2.57. The van der Waals surface area contributed by atoms with E-state index in [0.717, 1.165) is 10.6 Å². The Kier molecular flexibility index (Phi) is 3.42. The molecule has 0 aliphatic rings. The summed E-state index contributed by atoms with van der Waals surface area (Å²) in [5.74, 6) is -0.747. The fourth-order valence-electron chi connectivity index (χ4n) is 1.44. The molecule has 2 aromatic rings. The normalized spacial score (nSPS) is 10.3. The maximum absolute atomic E-state index is 11.1. The van der Waals surface area contributed by atoms with Gasteiger partial charge < -0.3 is 16.2 Å². The highest BCUT2D eigenvalue weighted by Gasteiger charge is 2.12. The monoisotopic (exact) mass is 264 g/mol. The molecule has 2 rings (SSSR count). The number of nitrogen functional groups attached to an aromatic ring is 1. The zero-order valence-corrected chi connectivity index (χ0v) is 10.5. The molecule has 2 heterocycles. The number of carboxylic acid groups (broad SMARTS) is 1. The number of nitrogens with one attached hydrogen (secondary N) is 1. The van der Waals surface area contributed by atoms with Crippen LogP contribution in [0.2, 0.25) is 0 Å². The number of hydrogen-bond donors (Lipinski definition) is 3. The Morgan fingerprint density at radius 2 is 2.33 bits per heavy atom. The Bertz CT molecular complexity index is 582. The van der Waals surface area contributed by atoms with Crippen LogP contribution in [0.5, 0.6) is 0 Å². The van der Waals surface area contributed by atoms with Gasteiger partial charge in [-0.15, -0.1) is 11.3 Å². The number of aryl methyl sites for hydroxylation is 1. The van der Waals surface area contributed by atoms with Gasteiger partial charge in [0.25, 0.3) is 0 Å². The Labute approximate surface area is 108 Å². The van der Waals surface area contributed by atoms with Gasteiger partial charge in [0, 0.05) is 4.88 Å². The molecule has 0 fully saturated rings. The van der Waals surface area contributed by atoms with Gasteiger partial charge in [-0.05, 0) is 13.0 Å². The van der Waals surface area contributed by atoms with E-state index in [1.54, 1.807) is 5.51 Å². The first-order valence-corrected chi connectivity index (χ1v) is 6.07. The number of thiazole rings is 1. The zero-order chi connectivity index (χ0) is 13.1. The van der Waals surface area contributed by atoms with Crippen LogP contribution in [0.15, 0.2) is 17.8 Å². The highest BCUT2D eigenvalue weighted by molar-refractivity contribution is 7.09. The molecule has 0 amide bonds. The molecule has 0 saturated heterocycles. The predicted molar refractivity (Wildman–Crippen MR) is 69.8 cm³/mol. The number of carboxylic acids is 1. The average molecular weight is 264 g/mol. The summed E-state index contributed by atoms with van der Waals surface area (Å²) in [6, 6.07) is 1.39. The van der Waals surface area contributed by atoms with Crippen molar-refractivity contribution >= 4 is 28.8 Å². The minimum atomic E-state index is -1.06. The number of nitrogens with zero attached hydrogens (tertiary/aromatic N) is 2. The van der Waals surface area contributed by atoms with Crippen LogP contribution in [0, 0.1) is 6.92 Å². The molecular formula is C11H12N4O2S. The minimum Gasteiger partial charge on any atom is -0.478 e. The molecule has 0 atom stereocenters. The third-order valence-corrected chi connectivity index (χ3v) is 3.34. The standard InChI is InChI=1S/C11H12N4O2S/c1-6-9(18-5-15-6)4-14-10-8(11(16)17)2-7(12)3-13-10/h2-3,5H,4,12H2,1H3,(H,13,14)(H,16,17). The molecular weight excluding hydrogens is 252 g/mol. The van der Waals surface area contributed by atoms with Crippen LogP contribution >= 0.6 is 11.3 Å². The first-order chi connectivity index (χ1) is 8.58. The summed E-state index contributed by atoms with van der Waals surface area (Å²) < 4.78 is 0. The van der Waals surface area contributed by atoms with Crippen molar-refractivity contribution in [3.8, 4) is 0 Å². The fraction of sp³-hybridized carbons (Fsp3) is 0.182. The van der Waals surface area contributed by atoms with Crippen LogP contribution in [-0.4, -0.2) is 21.0 Å². The molecule has 0 radical (unpaired) electrons. The van der Waals surface area contributed by atoms with Gasteiger partial charge in [-0.25, -0.2) is 14.8 Å². The molecule has 18 heavy (non-hydrogen) atoms. The van der Waals surface area contributed by atoms with Gasteiger partial charge in [0.05, 0.1) is 29.6 Å². The summed E-state index contributed by atoms with van der Waals surface area (Å²) in [5.41, 5.74) is 8.59. The smallest absolute Gasteiger partial charge is 0.339 e. The molecule has 0 spiro atoms. The van der Waals surface area contributed by atoms with Crippen LogP contribution in [0.4, 0.5) is 11.5 Å². The molecule has 0 aliphatic carbocycles. The number of pyridine rings is 1. The quantitative estimate of drug-likeness (QED) is 0.777. The van der Waals surface area contributed by atoms with E-state index in [9.17, 15) is 4.79 Å². The Morgan fingerprint density at radius 3 is 2.94 bits per heavy atom. The van der Waals surface area contributed by atoms with Gasteiger partial charge in [0.2, 0.25) is 0 Å². The van der Waals surface area contributed by atoms with Crippen molar-refractivity contribution in [2.45, 2.75) is 13.5 Å². The Balaban J connectivity index is 2.19. The lowest BCUT2D eigenvalue weighted by Crippen LogP contribution is -2.09. The van der Waals surface area contributed by atoms with E-state index in [1.807, 2.05) is 6.92 Å². The summed E-state index contributed by atoms with van der Waals surface area (Å²) in [7, 11) is 0. The minimum absolute atomic E-state index is 0.0668. The van der Waals surface area contributed by atoms with Crippen molar-refractivity contribution < 1.29 is 9.90 Å². The van der Waals surface area contributed by atoms with Gasteiger partial charge >= 0.3 is 5.97 Å². The molecule has 2 aromatic heterocycles. The average Bonchev–Trinajstić information content (AvgIpc) is 2.73. The molecule has 0 aliphatic heterocycles. The van der Waals surface area contributed by atoms with E-state index in [4.69, 9.17) is 10.8 Å². The van der Waals surface area contributed by atoms with Gasteiger partial charge in [0.15, 0.2) is 0 Å². The number of aromatic nitrogens is 2. The van der Waals surface area contributed by atoms with E-state index in [0.29, 0.717) is 18.1 Å². The lowest BCUT2D eigenvalue weighted by atomic mass is 10.2. The molecule has 0 unspecified atom stereocenters. The largest absolute Gasteiger partial charge is 0.478 e. The molecule has 7 heteroatoms. The van der Waals surface area contributed by atoms with Gasteiger partial charge in [0.1, 0.15) is 11.4 Å². The van der Waals surface area contributed by atoms with Crippen molar-refractivity contribution in [3.63, 3.8) is 0 Å². The lowest BCUT2D eigenvalue weighted by molar-refractivity contribution is 0.0697. The van der Waals surface area contributed by atoms with Crippen LogP contribution in [0.25, 0.3) is 0 Å². The van der Waals surface area contributed by atoms with Crippen molar-refractivity contribution in [3.05, 3.63) is 33.9 Å². The second-order valence-corrected chi connectivity index (χ2v) is 4.62. The van der Waals surface area contributed by atoms with Gasteiger partial charge in [-0.2, -0.15) is 0 Å². The van der Waals surface area contributed by atoms with Crippen LogP contribution in [-0.2, 0) is 6.54 Å². The number of hydrogen-bond acceptors (Lipinski definition) is 6. The van der Waals surface area contributed by atoms with E-state index < -0.39 is 5.97 Å². The van der Waals surface area contributed by atoms with Crippen LogP contribution in [0.3, 0.4) is 0 Å². The maximum Gasteiger partial charge on any atom is 0.339 e. The number of aromatic carboxylic acids is 1. The summed E-state index contributed by atoms with van der Waals surface area (Å²) in [5, 5.41) is 12.0. The molecule has 0 saturated carbocycles. The van der Waals surface area contributed by atoms with Crippen molar-refractivity contribution in [2.24, 2.45) is 0 Å². The van der Waals surface area contributed by atoms with Crippen molar-refractivity contribution in [1.29, 1.82) is 0 Å². The fourth-order valence-corrected chi connectivity index (χ4v) is 2.16. The Morgan fingerprint density at radius 1 is 1.56 bits per heavy atom. The predicted octanol–water partition coefficient (Wildman–Crippen LogP) is 1.74. The van der Waals surface area contributed by atoms with E-state index in [2.05, 4.69) is 15.3 Å². The highest BCUT2D eigenvalue weighted by atomic mass is 32.1. The summed E-state index contributed by atoms with van der Waals surface area (Å²) in [6.07, 6.45) is 1.42. The Hall–Kier alpha value is -2.15. The van der Waals surface area contributed by atoms with Gasteiger partial charge in [-0.1, -0.05) is 0 Å². The highest BCUT2D eigenvalue weighted by Crippen LogP contribution is 2.18. The van der Waals surface area contributed by atoms with Gasteiger partial charge in [-0.3, -0.25) is 0 Å². The lowest BCUT2D eigenvalue weighted by Gasteiger charge is -2.08. The van der Waals surface area contributed by atoms with Crippen LogP contribution < -0.4 is 11.1 Å². The summed E-state index contributed by atoms with van der Waals surface area (Å²) >= 11 is 1.51. The van der Waals surface area contributed by atoms with Crippen LogP contribution in [0.1, 0.15) is 20.9 Å². The SMILES string of the molecule is Cc1ncsc1CNc1ncc(N)cc1C(=O)O. The number of anilines is 2. The first kappa shape index (κ1) is 12.3. The molecule has 0 aromatic carbocycles. The van der Waals surface area contributed by atoms with E-state index in [1.165, 1.54) is 23.6 Å². The number of carbonyl (C=O) groups is 1. The number of rotatable bonds is 4. The molecule has 6 nitrogen and oxygen atoms in total. The van der Waals surface area contributed by atoms with Crippen molar-refractivity contribution in [2.75, 3.05) is 11.1 Å². The van der Waals surface area contributed by atoms with Crippen molar-refractivity contribution in [1.82, 2.24) is 9.97 Å². The third-order valence-electron chi connectivity index (χ3n) is 2.40. The second kappa shape index (κ2) is 5.01. The second-order valence-electron chi connectivity index (χ2n) is 3.68. The number of nitrogens with two attached hydrogens (primary N) is 1. The zero-order valence-electron chi connectivity index (χ0n) is 9.67. The van der Waals surface area contributed by atoms with E-state index >= 15 is 0 Å². The topological polar surface area (TPSA) is 101 Å². The molecule has 94 valence electrons. The maximum atomic E-state index is 11.1. The first-order valence-electron chi connectivity index (χ1n) is 5.19. The summed E-state index contributed by atoms with van der Waals surface area (Å²) in [4.78, 5) is 20.2. The van der Waals surface area contributed by atoms with E-state index in [-0.39, 0.29) is 5.56 Å². The molecule has 0 bridgehead atoms. The summed E-state index contributed by atoms with van der Waals surface area (Å²) in [6.45, 7) is 2.40. The molecule has 4 N–H and O–H groups in total.